The molecule has 0 saturated carbocycles. The quantitative estimate of drug-likeness (QED) is 0.812. The maximum Gasteiger partial charge on any atom is 0.311 e. The molecule has 0 amide bonds. The molecule has 6 heteroatoms. The molecule has 2 aliphatic rings. The van der Waals surface area contributed by atoms with Crippen molar-refractivity contribution in [1.29, 1.82) is 0 Å². The van der Waals surface area contributed by atoms with E-state index in [1.807, 2.05) is 0 Å². The summed E-state index contributed by atoms with van der Waals surface area (Å²) < 4.78 is 23.8. The molecule has 0 spiro atoms. The summed E-state index contributed by atoms with van der Waals surface area (Å²) in [4.78, 5) is 13.9. The van der Waals surface area contributed by atoms with Crippen LogP contribution < -0.4 is 4.74 Å². The predicted molar refractivity (Wildman–Crippen MR) is 81.9 cm³/mol. The third kappa shape index (κ3) is 3.48. The Balaban J connectivity index is 1.46. The van der Waals surface area contributed by atoms with Crippen LogP contribution in [-0.2, 0) is 9.53 Å². The van der Waals surface area contributed by atoms with E-state index in [2.05, 4.69) is 4.90 Å². The standard InChI is InChI=1S/C17H22FNO4/c18-14-2-4-15(5-3-14)23-8-1-7-19-10-13-11-22-9-6-17(13,12-19)16(20)21/h2-5,13H,1,6-12H2,(H,20,21)/t13-,17+/m1/s1. The van der Waals surface area contributed by atoms with Crippen LogP contribution in [0.2, 0.25) is 0 Å². The van der Waals surface area contributed by atoms with E-state index in [0.29, 0.717) is 38.5 Å². The number of hydrogen-bond donors (Lipinski definition) is 1. The Labute approximate surface area is 135 Å². The second-order valence-corrected chi connectivity index (χ2v) is 6.37. The van der Waals surface area contributed by atoms with Gasteiger partial charge in [-0.2, -0.15) is 0 Å². The Morgan fingerprint density at radius 1 is 1.43 bits per heavy atom. The van der Waals surface area contributed by atoms with Crippen molar-refractivity contribution in [3.63, 3.8) is 0 Å². The summed E-state index contributed by atoms with van der Waals surface area (Å²) in [5.41, 5.74) is -0.643. The van der Waals surface area contributed by atoms with Crippen molar-refractivity contribution in [1.82, 2.24) is 4.90 Å². The van der Waals surface area contributed by atoms with Gasteiger partial charge in [-0.1, -0.05) is 0 Å². The van der Waals surface area contributed by atoms with E-state index in [1.54, 1.807) is 12.1 Å². The second-order valence-electron chi connectivity index (χ2n) is 6.37. The number of fused-ring (bicyclic) bond motifs is 1. The number of nitrogens with zero attached hydrogens (tertiary/aromatic N) is 1. The average Bonchev–Trinajstić information content (AvgIpc) is 2.93. The molecule has 126 valence electrons. The van der Waals surface area contributed by atoms with Crippen LogP contribution in [0.5, 0.6) is 5.75 Å². The van der Waals surface area contributed by atoms with Crippen LogP contribution in [0.15, 0.2) is 24.3 Å². The first-order valence-electron chi connectivity index (χ1n) is 8.02. The van der Waals surface area contributed by atoms with E-state index in [9.17, 15) is 14.3 Å². The fourth-order valence-electron chi connectivity index (χ4n) is 3.58. The second kappa shape index (κ2) is 6.84. The molecule has 1 aromatic carbocycles. The zero-order valence-corrected chi connectivity index (χ0v) is 13.0. The summed E-state index contributed by atoms with van der Waals surface area (Å²) >= 11 is 0. The van der Waals surface area contributed by atoms with E-state index < -0.39 is 11.4 Å². The Morgan fingerprint density at radius 3 is 2.91 bits per heavy atom. The molecule has 0 aromatic heterocycles. The molecule has 2 fully saturated rings. The highest BCUT2D eigenvalue weighted by Gasteiger charge is 2.53. The molecule has 0 unspecified atom stereocenters. The molecule has 5 nitrogen and oxygen atoms in total. The largest absolute Gasteiger partial charge is 0.494 e. The van der Waals surface area contributed by atoms with Gasteiger partial charge in [0.15, 0.2) is 0 Å². The monoisotopic (exact) mass is 323 g/mol. The number of aliphatic carboxylic acids is 1. The lowest BCUT2D eigenvalue weighted by atomic mass is 9.74. The van der Waals surface area contributed by atoms with Gasteiger partial charge in [0.1, 0.15) is 11.6 Å². The Kier molecular flexibility index (Phi) is 4.82. The molecule has 2 aliphatic heterocycles. The average molecular weight is 323 g/mol. The molecule has 2 heterocycles. The highest BCUT2D eigenvalue weighted by atomic mass is 19.1. The van der Waals surface area contributed by atoms with Crippen LogP contribution in [-0.4, -0.2) is 55.4 Å². The van der Waals surface area contributed by atoms with Gasteiger partial charge >= 0.3 is 5.97 Å². The van der Waals surface area contributed by atoms with Crippen molar-refractivity contribution < 1.29 is 23.8 Å². The summed E-state index contributed by atoms with van der Waals surface area (Å²) in [5, 5.41) is 9.62. The number of rotatable bonds is 6. The SMILES string of the molecule is O=C(O)[C@]12CCOC[C@H]1CN(CCCOc1ccc(F)cc1)C2. The molecule has 1 aromatic rings. The van der Waals surface area contributed by atoms with Crippen molar-refractivity contribution in [3.05, 3.63) is 30.1 Å². The molecule has 2 saturated heterocycles. The maximum atomic E-state index is 12.8. The van der Waals surface area contributed by atoms with Crippen LogP contribution >= 0.6 is 0 Å². The molecule has 2 atom stereocenters. The third-order valence-electron chi connectivity index (χ3n) is 4.90. The van der Waals surface area contributed by atoms with Gasteiger partial charge in [0, 0.05) is 32.2 Å². The van der Waals surface area contributed by atoms with Crippen molar-refractivity contribution in [3.8, 4) is 5.75 Å². The number of ether oxygens (including phenoxy) is 2. The molecular formula is C17H22FNO4. The minimum atomic E-state index is -0.698. The molecule has 0 aliphatic carbocycles. The van der Waals surface area contributed by atoms with Gasteiger partial charge in [-0.05, 0) is 37.1 Å². The van der Waals surface area contributed by atoms with Gasteiger partial charge in [0.25, 0.3) is 0 Å². The summed E-state index contributed by atoms with van der Waals surface area (Å²) in [6, 6.07) is 5.96. The predicted octanol–water partition coefficient (Wildman–Crippen LogP) is 2.02. The number of benzene rings is 1. The zero-order chi connectivity index (χ0) is 16.3. The van der Waals surface area contributed by atoms with E-state index in [1.165, 1.54) is 12.1 Å². The fourth-order valence-corrected chi connectivity index (χ4v) is 3.58. The summed E-state index contributed by atoms with van der Waals surface area (Å²) in [5.74, 6) is -0.252. The number of hydrogen-bond acceptors (Lipinski definition) is 4. The molecular weight excluding hydrogens is 301 g/mol. The smallest absolute Gasteiger partial charge is 0.311 e. The summed E-state index contributed by atoms with van der Waals surface area (Å²) in [6.45, 7) is 3.76. The van der Waals surface area contributed by atoms with Crippen LogP contribution in [0.3, 0.4) is 0 Å². The zero-order valence-electron chi connectivity index (χ0n) is 13.0. The third-order valence-corrected chi connectivity index (χ3v) is 4.90. The Morgan fingerprint density at radius 2 is 2.22 bits per heavy atom. The lowest BCUT2D eigenvalue weighted by Gasteiger charge is -2.34. The Bertz CT molecular complexity index is 550. The number of likely N-dealkylation sites (tertiary alicyclic amines) is 1. The van der Waals surface area contributed by atoms with Gasteiger partial charge < -0.3 is 19.5 Å². The lowest BCUT2D eigenvalue weighted by Crippen LogP contribution is -2.44. The van der Waals surface area contributed by atoms with Gasteiger partial charge in [-0.3, -0.25) is 4.79 Å². The van der Waals surface area contributed by atoms with E-state index in [-0.39, 0.29) is 11.7 Å². The van der Waals surface area contributed by atoms with Gasteiger partial charge in [0.2, 0.25) is 0 Å². The van der Waals surface area contributed by atoms with Crippen LogP contribution in [0.4, 0.5) is 4.39 Å². The highest BCUT2D eigenvalue weighted by Crippen LogP contribution is 2.42. The topological polar surface area (TPSA) is 59.0 Å². The maximum absolute atomic E-state index is 12.8. The van der Waals surface area contributed by atoms with E-state index in [4.69, 9.17) is 9.47 Å². The first kappa shape index (κ1) is 16.2. The number of carboxylic acid groups (broad SMARTS) is 1. The summed E-state index contributed by atoms with van der Waals surface area (Å²) in [7, 11) is 0. The van der Waals surface area contributed by atoms with Gasteiger partial charge in [0.05, 0.1) is 18.6 Å². The molecule has 3 rings (SSSR count). The van der Waals surface area contributed by atoms with E-state index in [0.717, 1.165) is 19.5 Å². The molecule has 0 bridgehead atoms. The number of halogens is 1. The Hall–Kier alpha value is -1.66. The summed E-state index contributed by atoms with van der Waals surface area (Å²) in [6.07, 6.45) is 1.40. The lowest BCUT2D eigenvalue weighted by molar-refractivity contribution is -0.157. The first-order chi connectivity index (χ1) is 11.1. The molecule has 1 N–H and O–H groups in total. The van der Waals surface area contributed by atoms with E-state index >= 15 is 0 Å². The molecule has 23 heavy (non-hydrogen) atoms. The van der Waals surface area contributed by atoms with Crippen molar-refractivity contribution in [2.75, 3.05) is 39.5 Å². The van der Waals surface area contributed by atoms with Crippen molar-refractivity contribution in [2.24, 2.45) is 11.3 Å². The number of carboxylic acids is 1. The first-order valence-corrected chi connectivity index (χ1v) is 8.02. The van der Waals surface area contributed by atoms with Gasteiger partial charge in [-0.15, -0.1) is 0 Å². The van der Waals surface area contributed by atoms with Gasteiger partial charge in [-0.25, -0.2) is 4.39 Å². The van der Waals surface area contributed by atoms with Crippen molar-refractivity contribution in [2.45, 2.75) is 12.8 Å². The van der Waals surface area contributed by atoms with Crippen LogP contribution in [0, 0.1) is 17.2 Å². The normalized spacial score (nSPS) is 27.6. The van der Waals surface area contributed by atoms with Crippen LogP contribution in [0.1, 0.15) is 12.8 Å². The number of carbonyl (C=O) groups is 1. The van der Waals surface area contributed by atoms with Crippen LogP contribution in [0.25, 0.3) is 0 Å². The highest BCUT2D eigenvalue weighted by molar-refractivity contribution is 5.76. The minimum absolute atomic E-state index is 0.0757. The fraction of sp³-hybridized carbons (Fsp3) is 0.588. The van der Waals surface area contributed by atoms with Crippen molar-refractivity contribution >= 4 is 5.97 Å². The minimum Gasteiger partial charge on any atom is -0.494 e. The molecule has 0 radical (unpaired) electrons.